The summed E-state index contributed by atoms with van der Waals surface area (Å²) in [4.78, 5) is 8.42. The van der Waals surface area contributed by atoms with Gasteiger partial charge in [-0.2, -0.15) is 0 Å². The smallest absolute Gasteiger partial charge is 0.116 e. The van der Waals surface area contributed by atoms with Crippen molar-refractivity contribution in [1.82, 2.24) is 9.97 Å². The van der Waals surface area contributed by atoms with E-state index in [1.54, 1.807) is 6.33 Å². The molecule has 3 nitrogen and oxygen atoms in total. The number of nitrogens with zero attached hydrogens (tertiary/aromatic N) is 2. The van der Waals surface area contributed by atoms with E-state index in [0.717, 1.165) is 27.5 Å². The SMILES string of the molecule is Cc1c(CN)ncnc1-c1ccc(Cl)cc1. The fourth-order valence-electron chi connectivity index (χ4n) is 1.59. The first-order valence-electron chi connectivity index (χ1n) is 4.99. The number of rotatable bonds is 2. The van der Waals surface area contributed by atoms with Crippen LogP contribution < -0.4 is 5.73 Å². The lowest BCUT2D eigenvalue weighted by Gasteiger charge is -2.07. The molecule has 4 heteroatoms. The Bertz CT molecular complexity index is 494. The molecule has 1 aromatic heterocycles. The second kappa shape index (κ2) is 4.60. The van der Waals surface area contributed by atoms with Crippen LogP contribution in [0.15, 0.2) is 30.6 Å². The molecule has 2 N–H and O–H groups in total. The Morgan fingerprint density at radius 1 is 1.19 bits per heavy atom. The molecule has 0 aliphatic rings. The number of halogens is 1. The number of hydrogen-bond acceptors (Lipinski definition) is 3. The van der Waals surface area contributed by atoms with Crippen molar-refractivity contribution in [2.45, 2.75) is 13.5 Å². The maximum atomic E-state index is 5.84. The Morgan fingerprint density at radius 3 is 2.50 bits per heavy atom. The third kappa shape index (κ3) is 2.05. The van der Waals surface area contributed by atoms with Crippen LogP contribution in [0.4, 0.5) is 0 Å². The fraction of sp³-hybridized carbons (Fsp3) is 0.167. The molecule has 0 fully saturated rings. The molecule has 0 aliphatic carbocycles. The van der Waals surface area contributed by atoms with Gasteiger partial charge in [0.1, 0.15) is 6.33 Å². The fourth-order valence-corrected chi connectivity index (χ4v) is 1.72. The standard InChI is InChI=1S/C12H12ClN3/c1-8-11(6-14)15-7-16-12(8)9-2-4-10(13)5-3-9/h2-5,7H,6,14H2,1H3. The number of hydrogen-bond donors (Lipinski definition) is 1. The zero-order valence-corrected chi connectivity index (χ0v) is 9.70. The van der Waals surface area contributed by atoms with Crippen molar-refractivity contribution < 1.29 is 0 Å². The topological polar surface area (TPSA) is 51.8 Å². The molecule has 0 saturated carbocycles. The van der Waals surface area contributed by atoms with Crippen molar-refractivity contribution in [2.75, 3.05) is 0 Å². The highest BCUT2D eigenvalue weighted by Gasteiger charge is 2.07. The Balaban J connectivity index is 2.51. The first kappa shape index (κ1) is 11.0. The first-order valence-corrected chi connectivity index (χ1v) is 5.36. The Hall–Kier alpha value is -1.45. The normalized spacial score (nSPS) is 10.4. The number of benzene rings is 1. The van der Waals surface area contributed by atoms with Gasteiger partial charge in [-0.1, -0.05) is 23.7 Å². The van der Waals surface area contributed by atoms with Gasteiger partial charge in [0.15, 0.2) is 0 Å². The summed E-state index contributed by atoms with van der Waals surface area (Å²) in [5.74, 6) is 0. The van der Waals surface area contributed by atoms with Crippen LogP contribution in [-0.4, -0.2) is 9.97 Å². The van der Waals surface area contributed by atoms with Crippen LogP contribution in [0.2, 0.25) is 5.02 Å². The van der Waals surface area contributed by atoms with E-state index >= 15 is 0 Å². The molecule has 0 spiro atoms. The zero-order valence-electron chi connectivity index (χ0n) is 8.94. The molecule has 2 rings (SSSR count). The van der Waals surface area contributed by atoms with Gasteiger partial charge in [-0.15, -0.1) is 0 Å². The minimum absolute atomic E-state index is 0.426. The summed E-state index contributed by atoms with van der Waals surface area (Å²) in [6, 6.07) is 7.58. The molecule has 1 heterocycles. The van der Waals surface area contributed by atoms with Gasteiger partial charge in [-0.3, -0.25) is 0 Å². The molecule has 0 atom stereocenters. The van der Waals surface area contributed by atoms with Crippen molar-refractivity contribution >= 4 is 11.6 Å². The first-order chi connectivity index (χ1) is 7.72. The van der Waals surface area contributed by atoms with Gasteiger partial charge in [-0.25, -0.2) is 9.97 Å². The second-order valence-electron chi connectivity index (χ2n) is 3.50. The highest BCUT2D eigenvalue weighted by atomic mass is 35.5. The predicted octanol–water partition coefficient (Wildman–Crippen LogP) is 2.56. The minimum Gasteiger partial charge on any atom is -0.325 e. The summed E-state index contributed by atoms with van der Waals surface area (Å²) in [6.07, 6.45) is 1.54. The maximum absolute atomic E-state index is 5.84. The Morgan fingerprint density at radius 2 is 1.88 bits per heavy atom. The van der Waals surface area contributed by atoms with Crippen LogP contribution in [-0.2, 0) is 6.54 Å². The van der Waals surface area contributed by atoms with Gasteiger partial charge in [0.2, 0.25) is 0 Å². The van der Waals surface area contributed by atoms with Gasteiger partial charge in [0.05, 0.1) is 11.4 Å². The van der Waals surface area contributed by atoms with Gasteiger partial charge < -0.3 is 5.73 Å². The van der Waals surface area contributed by atoms with Crippen molar-refractivity contribution in [3.8, 4) is 11.3 Å². The summed E-state index contributed by atoms with van der Waals surface area (Å²) >= 11 is 5.84. The van der Waals surface area contributed by atoms with Crippen molar-refractivity contribution in [3.05, 3.63) is 46.9 Å². The predicted molar refractivity (Wildman–Crippen MR) is 65.1 cm³/mol. The van der Waals surface area contributed by atoms with E-state index in [1.165, 1.54) is 0 Å². The van der Waals surface area contributed by atoms with Crippen molar-refractivity contribution in [3.63, 3.8) is 0 Å². The van der Waals surface area contributed by atoms with Gasteiger partial charge in [0, 0.05) is 17.1 Å². The van der Waals surface area contributed by atoms with E-state index in [2.05, 4.69) is 9.97 Å². The van der Waals surface area contributed by atoms with E-state index in [1.807, 2.05) is 31.2 Å². The highest BCUT2D eigenvalue weighted by Crippen LogP contribution is 2.23. The molecule has 0 bridgehead atoms. The average molecular weight is 234 g/mol. The van der Waals surface area contributed by atoms with Crippen LogP contribution in [0, 0.1) is 6.92 Å². The quantitative estimate of drug-likeness (QED) is 0.868. The van der Waals surface area contributed by atoms with E-state index in [4.69, 9.17) is 17.3 Å². The van der Waals surface area contributed by atoms with Crippen LogP contribution in [0.25, 0.3) is 11.3 Å². The summed E-state index contributed by atoms with van der Waals surface area (Å²) < 4.78 is 0. The van der Waals surface area contributed by atoms with Gasteiger partial charge in [-0.05, 0) is 24.6 Å². The van der Waals surface area contributed by atoms with Crippen LogP contribution in [0.3, 0.4) is 0 Å². The third-order valence-electron chi connectivity index (χ3n) is 2.50. The van der Waals surface area contributed by atoms with Crippen LogP contribution >= 0.6 is 11.6 Å². The monoisotopic (exact) mass is 233 g/mol. The summed E-state index contributed by atoms with van der Waals surface area (Å²) in [5, 5.41) is 0.717. The Kier molecular flexibility index (Phi) is 3.17. The molecule has 0 aliphatic heterocycles. The zero-order chi connectivity index (χ0) is 11.5. The second-order valence-corrected chi connectivity index (χ2v) is 3.94. The Labute approximate surface area is 99.3 Å². The van der Waals surface area contributed by atoms with E-state index in [9.17, 15) is 0 Å². The van der Waals surface area contributed by atoms with Crippen LogP contribution in [0.5, 0.6) is 0 Å². The van der Waals surface area contributed by atoms with Crippen LogP contribution in [0.1, 0.15) is 11.3 Å². The van der Waals surface area contributed by atoms with Gasteiger partial charge in [0.25, 0.3) is 0 Å². The average Bonchev–Trinajstić information content (AvgIpc) is 2.31. The van der Waals surface area contributed by atoms with Crippen molar-refractivity contribution in [2.24, 2.45) is 5.73 Å². The van der Waals surface area contributed by atoms with E-state index in [0.29, 0.717) is 6.54 Å². The van der Waals surface area contributed by atoms with Gasteiger partial charge >= 0.3 is 0 Å². The largest absolute Gasteiger partial charge is 0.325 e. The summed E-state index contributed by atoms with van der Waals surface area (Å²) in [7, 11) is 0. The third-order valence-corrected chi connectivity index (χ3v) is 2.75. The maximum Gasteiger partial charge on any atom is 0.116 e. The lowest BCUT2D eigenvalue weighted by atomic mass is 10.1. The van der Waals surface area contributed by atoms with E-state index in [-0.39, 0.29) is 0 Å². The molecule has 82 valence electrons. The summed E-state index contributed by atoms with van der Waals surface area (Å²) in [5.41, 5.74) is 9.44. The highest BCUT2D eigenvalue weighted by molar-refractivity contribution is 6.30. The molecule has 0 saturated heterocycles. The van der Waals surface area contributed by atoms with Crippen molar-refractivity contribution in [1.29, 1.82) is 0 Å². The molecular weight excluding hydrogens is 222 g/mol. The van der Waals surface area contributed by atoms with E-state index < -0.39 is 0 Å². The number of aromatic nitrogens is 2. The molecule has 0 unspecified atom stereocenters. The molecule has 0 radical (unpaired) electrons. The molecule has 16 heavy (non-hydrogen) atoms. The summed E-state index contributed by atoms with van der Waals surface area (Å²) in [6.45, 7) is 2.40. The minimum atomic E-state index is 0.426. The lowest BCUT2D eigenvalue weighted by molar-refractivity contribution is 0.943. The molecule has 0 amide bonds. The molecule has 2 aromatic rings. The lowest BCUT2D eigenvalue weighted by Crippen LogP contribution is -2.04. The molecular formula is C12H12ClN3. The number of nitrogens with two attached hydrogens (primary N) is 1. The molecule has 1 aromatic carbocycles.